The monoisotopic (exact) mass is 441 g/mol. The lowest BCUT2D eigenvalue weighted by atomic mass is 9.99. The summed E-state index contributed by atoms with van der Waals surface area (Å²) in [6.07, 6.45) is 4.89. The number of anilines is 1. The van der Waals surface area contributed by atoms with Crippen LogP contribution in [0.5, 0.6) is 11.5 Å². The number of likely N-dealkylation sites (tertiary alicyclic amines) is 1. The van der Waals surface area contributed by atoms with Gasteiger partial charge in [-0.1, -0.05) is 41.6 Å². The molecule has 2 N–H and O–H groups in total. The van der Waals surface area contributed by atoms with E-state index < -0.39 is 0 Å². The Labute approximate surface area is 192 Å². The summed E-state index contributed by atoms with van der Waals surface area (Å²) in [6, 6.07) is 17.2. The Morgan fingerprint density at radius 1 is 1.15 bits per heavy atom. The Balaban J connectivity index is 1.44. The van der Waals surface area contributed by atoms with Gasteiger partial charge in [0.1, 0.15) is 23.3 Å². The zero-order chi connectivity index (χ0) is 22.8. The summed E-state index contributed by atoms with van der Waals surface area (Å²) in [6.45, 7) is 4.92. The number of hydrogen-bond acceptors (Lipinski definition) is 6. The Morgan fingerprint density at radius 2 is 1.91 bits per heavy atom. The summed E-state index contributed by atoms with van der Waals surface area (Å²) in [5.74, 6) is 1.83. The Kier molecular flexibility index (Phi) is 5.56. The minimum absolute atomic E-state index is 0.0377. The van der Waals surface area contributed by atoms with Crippen molar-refractivity contribution in [3.63, 3.8) is 0 Å². The molecule has 8 heteroatoms. The standard InChI is InChI=1S/C25H25N6O2/c1-2-22(32)30-14-6-7-18(16-30)31-21-15-27-28-25(26)23(21)24(29-31)17-10-12-20(13-11-17)33-19-8-4-3-5-9-19/h2-5,8-13,15,18,24H,1,6-7,14,16H2,(H2,26,28)/q+1/t18-,24?/m1/s1. The number of azo groups is 2. The van der Waals surface area contributed by atoms with Crippen molar-refractivity contribution >= 4 is 17.4 Å². The van der Waals surface area contributed by atoms with Crippen molar-refractivity contribution in [2.45, 2.75) is 24.9 Å². The molecule has 2 atom stereocenters. The maximum absolute atomic E-state index is 12.2. The largest absolute Gasteiger partial charge is 0.457 e. The second-order valence-electron chi connectivity index (χ2n) is 8.16. The van der Waals surface area contributed by atoms with Crippen LogP contribution < -0.4 is 10.5 Å². The minimum atomic E-state index is -0.299. The van der Waals surface area contributed by atoms with Gasteiger partial charge in [-0.15, -0.1) is 10.2 Å². The number of amides is 1. The van der Waals surface area contributed by atoms with Crippen molar-refractivity contribution in [2.75, 3.05) is 18.8 Å². The van der Waals surface area contributed by atoms with Crippen LogP contribution >= 0.6 is 0 Å². The molecule has 0 aliphatic carbocycles. The highest BCUT2D eigenvalue weighted by molar-refractivity contribution is 5.87. The number of aromatic nitrogens is 2. The normalized spacial score (nSPS) is 19.5. The molecule has 5 rings (SSSR count). The van der Waals surface area contributed by atoms with E-state index in [0.717, 1.165) is 47.7 Å². The van der Waals surface area contributed by atoms with E-state index in [-0.39, 0.29) is 18.0 Å². The number of carbonyl (C=O) groups is 1. The first kappa shape index (κ1) is 20.8. The van der Waals surface area contributed by atoms with Gasteiger partial charge in [0.25, 0.3) is 5.69 Å². The first-order chi connectivity index (χ1) is 16.1. The predicted octanol–water partition coefficient (Wildman–Crippen LogP) is 4.23. The van der Waals surface area contributed by atoms with Crippen LogP contribution in [0.3, 0.4) is 0 Å². The van der Waals surface area contributed by atoms with Gasteiger partial charge in [-0.3, -0.25) is 4.79 Å². The molecular weight excluding hydrogens is 416 g/mol. The Hall–Kier alpha value is -4.07. The summed E-state index contributed by atoms with van der Waals surface area (Å²) in [4.78, 5) is 14.0. The molecule has 166 valence electrons. The Bertz CT molecular complexity index is 1210. The van der Waals surface area contributed by atoms with E-state index in [2.05, 4.69) is 16.8 Å². The average molecular weight is 442 g/mol. The van der Waals surface area contributed by atoms with E-state index in [4.69, 9.17) is 15.6 Å². The van der Waals surface area contributed by atoms with Gasteiger partial charge in [0.2, 0.25) is 11.9 Å². The van der Waals surface area contributed by atoms with Crippen molar-refractivity contribution in [1.82, 2.24) is 15.1 Å². The number of fused-ring (bicyclic) bond motifs is 1. The fourth-order valence-electron chi connectivity index (χ4n) is 4.46. The topological polar surface area (TPSA) is 96.7 Å². The molecule has 0 radical (unpaired) electrons. The lowest BCUT2D eigenvalue weighted by molar-refractivity contribution is -0.552. The molecule has 0 saturated carbocycles. The van der Waals surface area contributed by atoms with Crippen LogP contribution in [0.15, 0.2) is 78.6 Å². The van der Waals surface area contributed by atoms with Gasteiger partial charge in [0.05, 0.1) is 6.54 Å². The third-order valence-electron chi connectivity index (χ3n) is 6.06. The first-order valence-corrected chi connectivity index (χ1v) is 11.0. The van der Waals surface area contributed by atoms with E-state index in [1.54, 1.807) is 6.20 Å². The number of nitrogens with zero attached hydrogens (tertiary/aromatic N) is 5. The van der Waals surface area contributed by atoms with E-state index in [1.807, 2.05) is 64.2 Å². The maximum atomic E-state index is 12.2. The molecular formula is C25H25N6O2+. The first-order valence-electron chi connectivity index (χ1n) is 11.0. The summed E-state index contributed by atoms with van der Waals surface area (Å²) in [5.41, 5.74) is 8.92. The predicted molar refractivity (Wildman–Crippen MR) is 123 cm³/mol. The van der Waals surface area contributed by atoms with Gasteiger partial charge >= 0.3 is 0 Å². The molecule has 0 spiro atoms. The van der Waals surface area contributed by atoms with E-state index in [0.29, 0.717) is 12.4 Å². The summed E-state index contributed by atoms with van der Waals surface area (Å²) in [7, 11) is 0. The fraction of sp³-hybridized carbons (Fsp3) is 0.240. The van der Waals surface area contributed by atoms with Crippen LogP contribution in [0.2, 0.25) is 0 Å². The van der Waals surface area contributed by atoms with Gasteiger partial charge in [0.15, 0.2) is 11.9 Å². The highest BCUT2D eigenvalue weighted by atomic mass is 16.5. The molecule has 1 aromatic heterocycles. The second kappa shape index (κ2) is 8.82. The molecule has 1 saturated heterocycles. The van der Waals surface area contributed by atoms with Crippen molar-refractivity contribution in [3.8, 4) is 11.5 Å². The van der Waals surface area contributed by atoms with Crippen molar-refractivity contribution in [3.05, 3.63) is 84.6 Å². The van der Waals surface area contributed by atoms with Crippen molar-refractivity contribution < 1.29 is 14.2 Å². The number of piperidine rings is 1. The molecule has 0 bridgehead atoms. The highest BCUT2D eigenvalue weighted by Gasteiger charge is 2.43. The van der Waals surface area contributed by atoms with Crippen molar-refractivity contribution in [1.29, 1.82) is 0 Å². The van der Waals surface area contributed by atoms with Crippen LogP contribution in [0.25, 0.3) is 0 Å². The van der Waals surface area contributed by atoms with Crippen LogP contribution in [0, 0.1) is 0 Å². The zero-order valence-corrected chi connectivity index (χ0v) is 18.2. The molecule has 1 fully saturated rings. The number of rotatable bonds is 5. The summed E-state index contributed by atoms with van der Waals surface area (Å²) in [5, 5.41) is 13.2. The number of nitrogen functional groups attached to an aromatic ring is 1. The van der Waals surface area contributed by atoms with Gasteiger partial charge in [-0.2, -0.15) is 0 Å². The van der Waals surface area contributed by atoms with E-state index in [1.165, 1.54) is 6.08 Å². The number of para-hydroxylation sites is 1. The molecule has 2 aliphatic heterocycles. The second-order valence-corrected chi connectivity index (χ2v) is 8.16. The highest BCUT2D eigenvalue weighted by Crippen LogP contribution is 2.43. The van der Waals surface area contributed by atoms with Crippen LogP contribution in [-0.4, -0.2) is 44.8 Å². The van der Waals surface area contributed by atoms with Gasteiger partial charge in [0, 0.05) is 13.0 Å². The molecule has 33 heavy (non-hydrogen) atoms. The van der Waals surface area contributed by atoms with E-state index >= 15 is 0 Å². The van der Waals surface area contributed by atoms with Crippen LogP contribution in [0.4, 0.5) is 11.5 Å². The van der Waals surface area contributed by atoms with Crippen LogP contribution in [-0.2, 0) is 4.79 Å². The molecule has 3 aromatic rings. The lowest BCUT2D eigenvalue weighted by Crippen LogP contribution is -2.44. The number of hydrogen-bond donors (Lipinski definition) is 1. The number of ether oxygens (including phenoxy) is 1. The fourth-order valence-corrected chi connectivity index (χ4v) is 4.46. The number of benzene rings is 2. The van der Waals surface area contributed by atoms with Gasteiger partial charge in [-0.25, -0.2) is 0 Å². The molecule has 1 unspecified atom stereocenters. The molecule has 8 nitrogen and oxygen atoms in total. The van der Waals surface area contributed by atoms with Crippen molar-refractivity contribution in [2.24, 2.45) is 5.11 Å². The molecule has 1 amide bonds. The van der Waals surface area contributed by atoms with E-state index in [9.17, 15) is 4.79 Å². The van der Waals surface area contributed by atoms with Gasteiger partial charge in [-0.05, 0) is 47.4 Å². The molecule has 3 heterocycles. The third kappa shape index (κ3) is 4.07. The third-order valence-corrected chi connectivity index (χ3v) is 6.06. The smallest absolute Gasteiger partial charge is 0.261 e. The Morgan fingerprint density at radius 3 is 2.67 bits per heavy atom. The number of nitrogens with two attached hydrogens (primary N) is 1. The number of carbonyl (C=O) groups excluding carboxylic acids is 1. The lowest BCUT2D eigenvalue weighted by Gasteiger charge is -2.28. The maximum Gasteiger partial charge on any atom is 0.261 e. The molecule has 2 aromatic carbocycles. The summed E-state index contributed by atoms with van der Waals surface area (Å²) < 4.78 is 7.89. The molecule has 2 aliphatic rings. The minimum Gasteiger partial charge on any atom is -0.457 e. The zero-order valence-electron chi connectivity index (χ0n) is 18.2. The quantitative estimate of drug-likeness (QED) is 0.472. The SMILES string of the molecule is C=CC(=O)N1CCC[C@@H]([N+]2=NC(c3ccc(Oc4ccccc4)cc3)c3c2cnnc3N)C1. The average Bonchev–Trinajstić information content (AvgIpc) is 3.26. The van der Waals surface area contributed by atoms with Gasteiger partial charge < -0.3 is 15.4 Å². The summed E-state index contributed by atoms with van der Waals surface area (Å²) >= 11 is 0. The van der Waals surface area contributed by atoms with Crippen LogP contribution in [0.1, 0.15) is 30.0 Å².